The average molecular weight is 365 g/mol. The minimum absolute atomic E-state index is 0.330. The van der Waals surface area contributed by atoms with E-state index in [1.807, 2.05) is 0 Å². The number of nitrogens with one attached hydrogen (secondary N) is 1. The van der Waals surface area contributed by atoms with Crippen LogP contribution in [0.15, 0.2) is 17.1 Å². The fourth-order valence-electron chi connectivity index (χ4n) is 1.66. The van der Waals surface area contributed by atoms with E-state index >= 15 is 0 Å². The predicted octanol–water partition coefficient (Wildman–Crippen LogP) is -0.360. The molecule has 2 rings (SSSR count). The summed E-state index contributed by atoms with van der Waals surface area (Å²) in [4.78, 5) is 33.4. The largest absolute Gasteiger partial charge is 0.370 e. The predicted molar refractivity (Wildman–Crippen MR) is 82.8 cm³/mol. The fraction of sp³-hybridized carbons (Fsp3) is 0. The molecule has 134 valence electrons. The quantitative estimate of drug-likeness (QED) is 0.256. The van der Waals surface area contributed by atoms with Crippen LogP contribution in [0.5, 0.6) is 0 Å². The highest BCUT2D eigenvalue weighted by molar-refractivity contribution is 5.80. The summed E-state index contributed by atoms with van der Waals surface area (Å²) in [5.74, 6) is -1.18. The second-order valence-corrected chi connectivity index (χ2v) is 4.32. The van der Waals surface area contributed by atoms with Gasteiger partial charge in [-0.25, -0.2) is 0 Å². The highest BCUT2D eigenvalue weighted by Crippen LogP contribution is 2.39. The van der Waals surface area contributed by atoms with Gasteiger partial charge in [-0.1, -0.05) is 0 Å². The van der Waals surface area contributed by atoms with Crippen molar-refractivity contribution >= 4 is 40.6 Å². The number of aromatic nitrogens is 4. The molecule has 0 spiro atoms. The molecule has 0 aliphatic carbocycles. The molecule has 0 bridgehead atoms. The third-order valence-corrected chi connectivity index (χ3v) is 2.62. The van der Waals surface area contributed by atoms with Crippen LogP contribution >= 0.6 is 0 Å². The summed E-state index contributed by atoms with van der Waals surface area (Å²) in [6.07, 6.45) is 0. The van der Waals surface area contributed by atoms with Crippen LogP contribution < -0.4 is 16.8 Å². The van der Waals surface area contributed by atoms with Crippen molar-refractivity contribution in [2.24, 2.45) is 16.5 Å². The van der Waals surface area contributed by atoms with Crippen LogP contribution in [-0.4, -0.2) is 41.1 Å². The van der Waals surface area contributed by atoms with Crippen molar-refractivity contribution in [3.05, 3.63) is 42.5 Å². The zero-order valence-corrected chi connectivity index (χ0v) is 12.3. The van der Waals surface area contributed by atoms with Crippen LogP contribution in [0.2, 0.25) is 0 Å². The number of hydrogen-bond acceptors (Lipinski definition) is 12. The van der Waals surface area contributed by atoms with Gasteiger partial charge in [0, 0.05) is 0 Å². The maximum absolute atomic E-state index is 11.1. The number of guanidine groups is 1. The van der Waals surface area contributed by atoms with Gasteiger partial charge in [0.2, 0.25) is 0 Å². The standard InChI is InChI=1S/C9H7N11O6/c10-7(11)13-9-16-14-8(15-17-9)12-6-4(19(23)24)1-3(18(21)22)2-5(6)20(25)26/h1-2H,(H,12,14,15)(H4,10,11,13,16,17). The molecule has 0 aliphatic heterocycles. The van der Waals surface area contributed by atoms with E-state index in [0.29, 0.717) is 12.1 Å². The molecule has 0 atom stereocenters. The number of rotatable bonds is 6. The first-order valence-electron chi connectivity index (χ1n) is 6.24. The second kappa shape index (κ2) is 6.90. The van der Waals surface area contributed by atoms with Gasteiger partial charge in [-0.15, -0.1) is 20.4 Å². The smallest absolute Gasteiger partial charge is 0.306 e. The van der Waals surface area contributed by atoms with E-state index in [-0.39, 0.29) is 11.9 Å². The van der Waals surface area contributed by atoms with E-state index in [0.717, 1.165) is 0 Å². The molecule has 17 heteroatoms. The van der Waals surface area contributed by atoms with E-state index in [1.54, 1.807) is 0 Å². The molecule has 5 N–H and O–H groups in total. The number of anilines is 2. The first-order valence-corrected chi connectivity index (χ1v) is 6.24. The van der Waals surface area contributed by atoms with Gasteiger partial charge in [-0.3, -0.25) is 30.3 Å². The van der Waals surface area contributed by atoms with Crippen LogP contribution in [0.3, 0.4) is 0 Å². The van der Waals surface area contributed by atoms with E-state index < -0.39 is 43.5 Å². The minimum Gasteiger partial charge on any atom is -0.370 e. The zero-order chi connectivity index (χ0) is 19.4. The molecule has 0 saturated heterocycles. The molecule has 1 aromatic carbocycles. The summed E-state index contributed by atoms with van der Waals surface area (Å²) in [6.45, 7) is 0. The lowest BCUT2D eigenvalue weighted by Crippen LogP contribution is -2.22. The van der Waals surface area contributed by atoms with Crippen molar-refractivity contribution in [1.82, 2.24) is 20.4 Å². The molecule has 2 aromatic rings. The Labute approximate surface area is 141 Å². The van der Waals surface area contributed by atoms with Crippen LogP contribution in [0, 0.1) is 30.3 Å². The lowest BCUT2D eigenvalue weighted by molar-refractivity contribution is -0.401. The Morgan fingerprint density at radius 3 is 1.81 bits per heavy atom. The third kappa shape index (κ3) is 3.84. The van der Waals surface area contributed by atoms with E-state index in [4.69, 9.17) is 11.5 Å². The Bertz CT molecular complexity index is 887. The van der Waals surface area contributed by atoms with Gasteiger partial charge in [0.25, 0.3) is 17.6 Å². The van der Waals surface area contributed by atoms with Gasteiger partial charge < -0.3 is 16.8 Å². The minimum atomic E-state index is -1.04. The summed E-state index contributed by atoms with van der Waals surface area (Å²) in [5.41, 5.74) is 6.79. The molecule has 0 amide bonds. The Morgan fingerprint density at radius 2 is 1.42 bits per heavy atom. The number of aliphatic imine (C=N–C) groups is 1. The molecule has 26 heavy (non-hydrogen) atoms. The number of nitrogens with zero attached hydrogens (tertiary/aromatic N) is 8. The Balaban J connectivity index is 2.53. The number of nitro benzene ring substituents is 3. The number of non-ortho nitro benzene ring substituents is 1. The molecular weight excluding hydrogens is 358 g/mol. The lowest BCUT2D eigenvalue weighted by atomic mass is 10.2. The second-order valence-electron chi connectivity index (χ2n) is 4.32. The van der Waals surface area contributed by atoms with E-state index in [9.17, 15) is 30.3 Å². The summed E-state index contributed by atoms with van der Waals surface area (Å²) in [7, 11) is 0. The summed E-state index contributed by atoms with van der Waals surface area (Å²) < 4.78 is 0. The van der Waals surface area contributed by atoms with Crippen molar-refractivity contribution in [3.8, 4) is 0 Å². The lowest BCUT2D eigenvalue weighted by Gasteiger charge is -2.05. The first kappa shape index (κ1) is 17.8. The number of benzene rings is 1. The summed E-state index contributed by atoms with van der Waals surface area (Å²) >= 11 is 0. The Morgan fingerprint density at radius 1 is 0.923 bits per heavy atom. The molecule has 1 heterocycles. The highest BCUT2D eigenvalue weighted by Gasteiger charge is 2.31. The van der Waals surface area contributed by atoms with Crippen LogP contribution in [0.4, 0.5) is 34.6 Å². The summed E-state index contributed by atoms with van der Waals surface area (Å²) in [5, 5.41) is 49.0. The van der Waals surface area contributed by atoms with Crippen LogP contribution in [0.25, 0.3) is 0 Å². The van der Waals surface area contributed by atoms with Crippen molar-refractivity contribution in [3.63, 3.8) is 0 Å². The van der Waals surface area contributed by atoms with Crippen molar-refractivity contribution in [2.45, 2.75) is 0 Å². The van der Waals surface area contributed by atoms with Crippen molar-refractivity contribution in [2.75, 3.05) is 5.32 Å². The molecule has 1 aromatic heterocycles. The van der Waals surface area contributed by atoms with Crippen LogP contribution in [0.1, 0.15) is 0 Å². The molecule has 0 unspecified atom stereocenters. The van der Waals surface area contributed by atoms with Gasteiger partial charge in [0.05, 0.1) is 26.9 Å². The van der Waals surface area contributed by atoms with Gasteiger partial charge in [-0.2, -0.15) is 4.99 Å². The molecule has 0 aliphatic rings. The molecule has 0 saturated carbocycles. The van der Waals surface area contributed by atoms with Gasteiger partial charge in [-0.05, 0) is 0 Å². The summed E-state index contributed by atoms with van der Waals surface area (Å²) in [6, 6.07) is 1.09. The molecule has 17 nitrogen and oxygen atoms in total. The van der Waals surface area contributed by atoms with Gasteiger partial charge in [0.1, 0.15) is 0 Å². The van der Waals surface area contributed by atoms with Gasteiger partial charge >= 0.3 is 11.4 Å². The van der Waals surface area contributed by atoms with Crippen molar-refractivity contribution in [1.29, 1.82) is 0 Å². The first-order chi connectivity index (χ1) is 12.2. The Hall–Kier alpha value is -4.57. The Kier molecular flexibility index (Phi) is 4.72. The molecular formula is C9H7N11O6. The maximum atomic E-state index is 11.1. The number of hydrogen-bond donors (Lipinski definition) is 3. The fourth-order valence-corrected chi connectivity index (χ4v) is 1.66. The van der Waals surface area contributed by atoms with Crippen molar-refractivity contribution < 1.29 is 14.8 Å². The third-order valence-electron chi connectivity index (χ3n) is 2.62. The van der Waals surface area contributed by atoms with Gasteiger partial charge in [0.15, 0.2) is 11.6 Å². The highest BCUT2D eigenvalue weighted by atomic mass is 16.6. The molecule has 0 fully saturated rings. The average Bonchev–Trinajstić information content (AvgIpc) is 2.55. The SMILES string of the molecule is NC(N)=Nc1nnc(Nc2c([N+](=O)[O-])cc([N+](=O)[O-])cc2[N+](=O)[O-])nn1. The topological polar surface area (TPSA) is 257 Å². The van der Waals surface area contributed by atoms with E-state index in [1.165, 1.54) is 0 Å². The monoisotopic (exact) mass is 365 g/mol. The number of nitro groups is 3. The number of nitrogens with two attached hydrogens (primary N) is 2. The van der Waals surface area contributed by atoms with E-state index in [2.05, 4.69) is 30.7 Å². The van der Waals surface area contributed by atoms with Crippen LogP contribution in [-0.2, 0) is 0 Å². The molecule has 0 radical (unpaired) electrons. The zero-order valence-electron chi connectivity index (χ0n) is 12.3. The maximum Gasteiger partial charge on any atom is 0.306 e. The normalized spacial score (nSPS) is 10.0.